The molecule has 8 heteroatoms. The molecule has 0 aliphatic carbocycles. The largest absolute Gasteiger partial charge is 0.281 e. The molecule has 0 spiro atoms. The summed E-state index contributed by atoms with van der Waals surface area (Å²) in [5, 5.41) is 0. The summed E-state index contributed by atoms with van der Waals surface area (Å²) in [6.07, 6.45) is 1.14. The van der Waals surface area contributed by atoms with Crippen molar-refractivity contribution in [3.8, 4) is 0 Å². The van der Waals surface area contributed by atoms with E-state index in [0.717, 1.165) is 12.0 Å². The second-order valence-corrected chi connectivity index (χ2v) is 4.92. The van der Waals surface area contributed by atoms with Gasteiger partial charge in [0, 0.05) is 26.9 Å². The normalized spacial score (nSPS) is 5.86. The first-order chi connectivity index (χ1) is 9.74. The van der Waals surface area contributed by atoms with Gasteiger partial charge in [-0.05, 0) is 42.7 Å². The Kier molecular flexibility index (Phi) is 75.1. The number of hydrogen-bond donors (Lipinski definition) is 0. The fraction of sp³-hybridized carbons (Fsp3) is 0.308. The Morgan fingerprint density at radius 3 is 1.24 bits per heavy atom. The number of hydrogen-bond acceptors (Lipinski definition) is 5. The number of aryl methyl sites for hydroxylation is 3. The summed E-state index contributed by atoms with van der Waals surface area (Å²) in [7, 11) is 0.0201. The molecule has 0 N–H and O–H groups in total. The molecule has 0 aromatic carbocycles. The van der Waals surface area contributed by atoms with Gasteiger partial charge in [0.15, 0.2) is 0 Å². The number of halogens is 1. The third-order valence-corrected chi connectivity index (χ3v) is 4.31. The Balaban J connectivity index is -0.0000000440. The van der Waals surface area contributed by atoms with Gasteiger partial charge in [-0.3, -0.25) is 24.0 Å². The Bertz CT molecular complexity index is 269. The van der Waals surface area contributed by atoms with Gasteiger partial charge in [-0.25, -0.2) is 0 Å². The van der Waals surface area contributed by atoms with Gasteiger partial charge in [0.25, 0.3) is 33.9 Å². The third kappa shape index (κ3) is 28.1. The van der Waals surface area contributed by atoms with Crippen LogP contribution in [0, 0.1) is 13.8 Å². The summed E-state index contributed by atoms with van der Waals surface area (Å²) in [6.45, 7) is 26.8. The first-order valence-corrected chi connectivity index (χ1v) is 6.65. The van der Waals surface area contributed by atoms with Crippen LogP contribution in [0.25, 0.3) is 0 Å². The molecule has 5 nitrogen and oxygen atoms in total. The average molecular weight is 499 g/mol. The standard InChI is InChI=1S/C8H12ClP.5CO.W/c1-7-5-10(4-3-9)6-8(7)2;5*1-2;/h5-6H,3-4H2,1-2H3;;;;;;. The zero-order valence-corrected chi connectivity index (χ0v) is 15.9. The minimum atomic E-state index is 0. The molecular formula is C13H12ClO5PW. The number of alkyl halides is 1. The van der Waals surface area contributed by atoms with Crippen LogP contribution in [0.15, 0.2) is 11.6 Å². The number of carbonyl (C=O) groups excluding carboxylic acids is 5. The van der Waals surface area contributed by atoms with Crippen LogP contribution in [0.2, 0.25) is 0 Å². The second-order valence-electron chi connectivity index (χ2n) is 2.55. The summed E-state index contributed by atoms with van der Waals surface area (Å²) in [4.78, 5) is 37.5. The van der Waals surface area contributed by atoms with Crippen LogP contribution in [0.3, 0.4) is 0 Å². The molecule has 0 bridgehead atoms. The van der Waals surface area contributed by atoms with Crippen molar-refractivity contribution in [1.82, 2.24) is 0 Å². The molecule has 112 valence electrons. The molecule has 1 heterocycles. The molecule has 1 rings (SSSR count). The molecule has 0 aliphatic heterocycles. The summed E-state index contributed by atoms with van der Waals surface area (Å²) in [5.41, 5.74) is 2.88. The van der Waals surface area contributed by atoms with Crippen molar-refractivity contribution in [1.29, 1.82) is 0 Å². The van der Waals surface area contributed by atoms with Crippen molar-refractivity contribution in [2.24, 2.45) is 0 Å². The maximum absolute atomic E-state index is 7.50. The van der Waals surface area contributed by atoms with Crippen LogP contribution >= 0.6 is 19.1 Å². The van der Waals surface area contributed by atoms with Crippen molar-refractivity contribution < 1.29 is 45.0 Å². The summed E-state index contributed by atoms with van der Waals surface area (Å²) in [5.74, 6) is 5.50. The zero-order valence-electron chi connectivity index (χ0n) is 11.3. The van der Waals surface area contributed by atoms with Crippen molar-refractivity contribution in [3.05, 3.63) is 22.7 Å². The van der Waals surface area contributed by atoms with Crippen molar-refractivity contribution >= 4 is 53.1 Å². The zero-order chi connectivity index (χ0) is 17.6. The fourth-order valence-electron chi connectivity index (χ4n) is 0.965. The molecule has 21 heavy (non-hydrogen) atoms. The molecule has 0 fully saturated rings. The average Bonchev–Trinajstić information content (AvgIpc) is 2.88. The Hall–Kier alpha value is -0.892. The topological polar surface area (TPSA) is 85.3 Å². The van der Waals surface area contributed by atoms with E-state index in [1.807, 2.05) is 0 Å². The third-order valence-electron chi connectivity index (χ3n) is 1.68. The van der Waals surface area contributed by atoms with Crippen LogP contribution in [0.5, 0.6) is 0 Å². The fourth-order valence-corrected chi connectivity index (χ4v) is 3.48. The van der Waals surface area contributed by atoms with Crippen molar-refractivity contribution in [2.75, 3.05) is 5.88 Å². The van der Waals surface area contributed by atoms with E-state index in [4.69, 9.17) is 35.6 Å². The second kappa shape index (κ2) is 42.7. The van der Waals surface area contributed by atoms with Gasteiger partial charge >= 0.3 is 0 Å². The van der Waals surface area contributed by atoms with E-state index in [2.05, 4.69) is 59.4 Å². The van der Waals surface area contributed by atoms with E-state index >= 15 is 0 Å². The molecule has 0 saturated carbocycles. The Labute approximate surface area is 146 Å². The van der Waals surface area contributed by atoms with E-state index < -0.39 is 0 Å². The molecule has 10 radical (unpaired) electrons. The molecule has 0 unspecified atom stereocenters. The van der Waals surface area contributed by atoms with Crippen LogP contribution in [-0.2, 0) is 51.2 Å². The van der Waals surface area contributed by atoms with Gasteiger partial charge in [-0.2, -0.15) is 0 Å². The van der Waals surface area contributed by atoms with E-state index in [1.54, 1.807) is 0 Å². The van der Waals surface area contributed by atoms with Gasteiger partial charge in [0.1, 0.15) is 0 Å². The van der Waals surface area contributed by atoms with Crippen molar-refractivity contribution in [2.45, 2.75) is 20.0 Å². The summed E-state index contributed by atoms with van der Waals surface area (Å²) in [6, 6.07) is 0. The first kappa shape index (κ1) is 36.9. The molecule has 0 aliphatic rings. The maximum Gasteiger partial charge on any atom is 0.281 e. The predicted octanol–water partition coefficient (Wildman–Crippen LogP) is 1.54. The summed E-state index contributed by atoms with van der Waals surface area (Å²) >= 11 is 5.63. The summed E-state index contributed by atoms with van der Waals surface area (Å²) < 4.78 is 0. The van der Waals surface area contributed by atoms with E-state index in [1.165, 1.54) is 11.1 Å². The number of rotatable bonds is 2. The molecule has 0 saturated heterocycles. The predicted molar refractivity (Wildman–Crippen MR) is 77.8 cm³/mol. The van der Waals surface area contributed by atoms with Gasteiger partial charge in [0.2, 0.25) is 0 Å². The smallest absolute Gasteiger partial charge is 0.281 e. The maximum atomic E-state index is 7.50. The Morgan fingerprint density at radius 1 is 0.810 bits per heavy atom. The molecule has 1 aromatic heterocycles. The van der Waals surface area contributed by atoms with E-state index in [0.29, 0.717) is 0 Å². The monoisotopic (exact) mass is 498 g/mol. The van der Waals surface area contributed by atoms with Crippen LogP contribution in [-0.4, -0.2) is 39.8 Å². The van der Waals surface area contributed by atoms with Gasteiger partial charge in [-0.15, -0.1) is 19.1 Å². The minimum absolute atomic E-state index is 0. The van der Waals surface area contributed by atoms with Gasteiger partial charge in [0.05, 0.1) is 0 Å². The SMILES string of the molecule is Cc1cp(CCCl)cc1C.[C]=O.[C]=O.[C]=O.[C]=O.[C]=O.[W]. The van der Waals surface area contributed by atoms with Gasteiger partial charge in [-0.1, -0.05) is 0 Å². The van der Waals surface area contributed by atoms with Gasteiger partial charge < -0.3 is 0 Å². The van der Waals surface area contributed by atoms with Crippen LogP contribution in [0.4, 0.5) is 0 Å². The molecule has 0 atom stereocenters. The minimum Gasteiger partial charge on any atom is -0.281 e. The Morgan fingerprint density at radius 2 is 1.05 bits per heavy atom. The van der Waals surface area contributed by atoms with Crippen LogP contribution in [0.1, 0.15) is 11.1 Å². The quantitative estimate of drug-likeness (QED) is 0.578. The molecule has 1 aromatic rings. The van der Waals surface area contributed by atoms with E-state index in [9.17, 15) is 0 Å². The first-order valence-electron chi connectivity index (χ1n) is 4.45. The van der Waals surface area contributed by atoms with E-state index in [-0.39, 0.29) is 28.6 Å². The molecule has 0 amide bonds. The van der Waals surface area contributed by atoms with Crippen molar-refractivity contribution in [3.63, 3.8) is 0 Å². The van der Waals surface area contributed by atoms with Crippen LogP contribution < -0.4 is 0 Å². The molecular weight excluding hydrogens is 486 g/mol.